The minimum atomic E-state index is -3.59. The maximum absolute atomic E-state index is 13.6. The average Bonchev–Trinajstić information content (AvgIpc) is 3.55. The van der Waals surface area contributed by atoms with Gasteiger partial charge in [-0.2, -0.15) is 0 Å². The molecular weight excluding hydrogens is 419 g/mol. The van der Waals surface area contributed by atoms with Crippen LogP contribution in [0, 0.1) is 5.82 Å². The van der Waals surface area contributed by atoms with Crippen molar-refractivity contribution in [2.45, 2.75) is 29.7 Å². The second kappa shape index (κ2) is 10.2. The Kier molecular flexibility index (Phi) is 7.64. The molecule has 1 aliphatic rings. The molecule has 0 heterocycles. The number of nitrogens with one attached hydrogen (secondary N) is 3. The highest BCUT2D eigenvalue weighted by Crippen LogP contribution is 2.47. The van der Waals surface area contributed by atoms with Gasteiger partial charge in [0.05, 0.1) is 11.5 Å². The molecule has 1 fully saturated rings. The van der Waals surface area contributed by atoms with Crippen LogP contribution in [0.1, 0.15) is 24.0 Å². The van der Waals surface area contributed by atoms with E-state index in [1.165, 1.54) is 13.2 Å². The molecule has 1 aliphatic carbocycles. The zero-order chi connectivity index (χ0) is 22.3. The molecule has 0 aliphatic heterocycles. The number of aliphatic imine (C=N–C) groups is 1. The Labute approximate surface area is 183 Å². The van der Waals surface area contributed by atoms with Gasteiger partial charge in [0.2, 0.25) is 10.0 Å². The largest absolute Gasteiger partial charge is 0.383 e. The summed E-state index contributed by atoms with van der Waals surface area (Å²) in [6.07, 6.45) is 1.99. The van der Waals surface area contributed by atoms with Crippen molar-refractivity contribution >= 4 is 16.0 Å². The smallest absolute Gasteiger partial charge is 0.240 e. The van der Waals surface area contributed by atoms with E-state index in [1.807, 2.05) is 12.1 Å². The zero-order valence-electron chi connectivity index (χ0n) is 17.8. The number of ether oxygens (including phenoxy) is 1. The first kappa shape index (κ1) is 23.2. The van der Waals surface area contributed by atoms with Gasteiger partial charge >= 0.3 is 0 Å². The van der Waals surface area contributed by atoms with Gasteiger partial charge in [0.1, 0.15) is 5.82 Å². The van der Waals surface area contributed by atoms with Gasteiger partial charge in [-0.3, -0.25) is 4.99 Å². The van der Waals surface area contributed by atoms with Gasteiger partial charge in [-0.15, -0.1) is 0 Å². The highest BCUT2D eigenvalue weighted by molar-refractivity contribution is 7.89. The fourth-order valence-corrected chi connectivity index (χ4v) is 4.46. The summed E-state index contributed by atoms with van der Waals surface area (Å²) < 4.78 is 45.7. The molecule has 0 amide bonds. The maximum atomic E-state index is 13.6. The average molecular weight is 449 g/mol. The van der Waals surface area contributed by atoms with E-state index in [4.69, 9.17) is 4.74 Å². The van der Waals surface area contributed by atoms with E-state index < -0.39 is 10.0 Å². The van der Waals surface area contributed by atoms with Crippen molar-refractivity contribution in [3.63, 3.8) is 0 Å². The van der Waals surface area contributed by atoms with Crippen LogP contribution in [0.3, 0.4) is 0 Å². The van der Waals surface area contributed by atoms with E-state index in [0.717, 1.165) is 24.0 Å². The molecule has 0 atom stereocenters. The minimum Gasteiger partial charge on any atom is -0.383 e. The van der Waals surface area contributed by atoms with Crippen LogP contribution >= 0.6 is 0 Å². The van der Waals surface area contributed by atoms with Gasteiger partial charge in [0.25, 0.3) is 0 Å². The molecular formula is C22H29FN4O3S. The van der Waals surface area contributed by atoms with Crippen LogP contribution in [-0.4, -0.2) is 48.2 Å². The van der Waals surface area contributed by atoms with Crippen LogP contribution in [0.25, 0.3) is 0 Å². The van der Waals surface area contributed by atoms with Gasteiger partial charge in [-0.05, 0) is 48.2 Å². The molecule has 31 heavy (non-hydrogen) atoms. The third-order valence-corrected chi connectivity index (χ3v) is 6.83. The maximum Gasteiger partial charge on any atom is 0.240 e. The summed E-state index contributed by atoms with van der Waals surface area (Å²) in [5.74, 6) is 0.381. The Morgan fingerprint density at radius 1 is 1.16 bits per heavy atom. The molecule has 1 saturated carbocycles. The van der Waals surface area contributed by atoms with Crippen molar-refractivity contribution in [1.29, 1.82) is 0 Å². The third kappa shape index (κ3) is 6.25. The second-order valence-corrected chi connectivity index (χ2v) is 9.37. The molecule has 0 radical (unpaired) electrons. The second-order valence-electron chi connectivity index (χ2n) is 7.61. The number of nitrogens with zero attached hydrogens (tertiary/aromatic N) is 1. The molecule has 3 N–H and O–H groups in total. The number of rotatable bonds is 10. The zero-order valence-corrected chi connectivity index (χ0v) is 18.6. The Balaban J connectivity index is 1.56. The van der Waals surface area contributed by atoms with Crippen LogP contribution in [0.5, 0.6) is 0 Å². The number of benzene rings is 2. The molecule has 0 bridgehead atoms. The normalized spacial score (nSPS) is 15.5. The van der Waals surface area contributed by atoms with Crippen LogP contribution < -0.4 is 15.4 Å². The third-order valence-electron chi connectivity index (χ3n) is 5.38. The molecule has 0 unspecified atom stereocenters. The van der Waals surface area contributed by atoms with E-state index in [2.05, 4.69) is 20.3 Å². The predicted octanol–water partition coefficient (Wildman–Crippen LogP) is 2.15. The lowest BCUT2D eigenvalue weighted by Crippen LogP contribution is -2.41. The molecule has 2 aromatic rings. The van der Waals surface area contributed by atoms with Crippen LogP contribution in [0.15, 0.2) is 58.4 Å². The van der Waals surface area contributed by atoms with E-state index in [1.54, 1.807) is 37.4 Å². The summed E-state index contributed by atoms with van der Waals surface area (Å²) in [4.78, 5) is 4.44. The lowest BCUT2D eigenvalue weighted by Gasteiger charge is -2.19. The number of halogens is 1. The van der Waals surface area contributed by atoms with Gasteiger partial charge in [-0.25, -0.2) is 17.5 Å². The Morgan fingerprint density at radius 3 is 2.61 bits per heavy atom. The molecule has 9 heteroatoms. The number of hydrogen-bond acceptors (Lipinski definition) is 4. The molecule has 2 aromatic carbocycles. The predicted molar refractivity (Wildman–Crippen MR) is 119 cm³/mol. The molecule has 3 rings (SSSR count). The summed E-state index contributed by atoms with van der Waals surface area (Å²) in [5.41, 5.74) is 1.74. The van der Waals surface area contributed by atoms with Crippen molar-refractivity contribution in [3.05, 3.63) is 65.5 Å². The van der Waals surface area contributed by atoms with Crippen molar-refractivity contribution in [2.75, 3.05) is 33.9 Å². The molecule has 0 aromatic heterocycles. The number of guanidine groups is 1. The van der Waals surface area contributed by atoms with E-state index in [-0.39, 0.29) is 22.7 Å². The molecule has 0 saturated heterocycles. The first-order valence-corrected chi connectivity index (χ1v) is 11.6. The fourth-order valence-electron chi connectivity index (χ4n) is 3.38. The standard InChI is InChI=1S/C22H29FN4O3S/c1-24-21(26-16-22(9-10-22)18-6-4-7-19(23)14-18)25-15-17-5-3-8-20(13-17)31(28,29)27-11-12-30-2/h3-8,13-14,27H,9-12,15-16H2,1-2H3,(H2,24,25,26). The highest BCUT2D eigenvalue weighted by Gasteiger charge is 2.44. The van der Waals surface area contributed by atoms with Crippen molar-refractivity contribution in [2.24, 2.45) is 4.99 Å². The van der Waals surface area contributed by atoms with Crippen LogP contribution in [0.4, 0.5) is 4.39 Å². The monoisotopic (exact) mass is 448 g/mol. The molecule has 0 spiro atoms. The van der Waals surface area contributed by atoms with Crippen molar-refractivity contribution in [1.82, 2.24) is 15.4 Å². The number of methoxy groups -OCH3 is 1. The summed E-state index contributed by atoms with van der Waals surface area (Å²) in [6.45, 7) is 1.58. The van der Waals surface area contributed by atoms with Gasteiger partial charge in [-0.1, -0.05) is 24.3 Å². The minimum absolute atomic E-state index is 0.0679. The van der Waals surface area contributed by atoms with Gasteiger partial charge in [0, 0.05) is 39.2 Å². The first-order chi connectivity index (χ1) is 14.9. The SMILES string of the molecule is CN=C(NCc1cccc(S(=O)(=O)NCCOC)c1)NCC1(c2cccc(F)c2)CC1. The highest BCUT2D eigenvalue weighted by atomic mass is 32.2. The topological polar surface area (TPSA) is 91.8 Å². The van der Waals surface area contributed by atoms with Crippen molar-refractivity contribution < 1.29 is 17.5 Å². The lowest BCUT2D eigenvalue weighted by molar-refractivity contribution is 0.204. The fraction of sp³-hybridized carbons (Fsp3) is 0.409. The van der Waals surface area contributed by atoms with E-state index in [0.29, 0.717) is 25.7 Å². The Hall–Kier alpha value is -2.49. The van der Waals surface area contributed by atoms with E-state index in [9.17, 15) is 12.8 Å². The van der Waals surface area contributed by atoms with Crippen LogP contribution in [-0.2, 0) is 26.7 Å². The summed E-state index contributed by atoms with van der Waals surface area (Å²) in [6, 6.07) is 13.5. The quantitative estimate of drug-likeness (QED) is 0.294. The lowest BCUT2D eigenvalue weighted by atomic mass is 9.96. The Bertz CT molecular complexity index is 1020. The van der Waals surface area contributed by atoms with Gasteiger partial charge in [0.15, 0.2) is 5.96 Å². The Morgan fingerprint density at radius 2 is 1.94 bits per heavy atom. The summed E-state index contributed by atoms with van der Waals surface area (Å²) in [5, 5.41) is 6.52. The first-order valence-electron chi connectivity index (χ1n) is 10.2. The van der Waals surface area contributed by atoms with Crippen molar-refractivity contribution in [3.8, 4) is 0 Å². The molecule has 168 valence electrons. The summed E-state index contributed by atoms with van der Waals surface area (Å²) in [7, 11) is -0.392. The number of sulfonamides is 1. The summed E-state index contributed by atoms with van der Waals surface area (Å²) >= 11 is 0. The van der Waals surface area contributed by atoms with Crippen LogP contribution in [0.2, 0.25) is 0 Å². The van der Waals surface area contributed by atoms with E-state index >= 15 is 0 Å². The van der Waals surface area contributed by atoms with Gasteiger partial charge < -0.3 is 15.4 Å². The number of hydrogen-bond donors (Lipinski definition) is 3. The molecule has 7 nitrogen and oxygen atoms in total.